The van der Waals surface area contributed by atoms with E-state index in [2.05, 4.69) is 15.9 Å². The van der Waals surface area contributed by atoms with E-state index in [-0.39, 0.29) is 5.56 Å². The molecule has 0 spiro atoms. The average molecular weight is 251 g/mol. The van der Waals surface area contributed by atoms with Gasteiger partial charge in [0.15, 0.2) is 17.5 Å². The van der Waals surface area contributed by atoms with Crippen LogP contribution in [0.4, 0.5) is 13.2 Å². The highest BCUT2D eigenvalue weighted by Crippen LogP contribution is 2.16. The fourth-order valence-corrected chi connectivity index (χ4v) is 1.03. The van der Waals surface area contributed by atoms with E-state index < -0.39 is 17.5 Å². The molecule has 0 saturated heterocycles. The standard InChI is InChI=1S/C9H6BrF3/c10-5-1-2-6-3-4-7(11)9(13)8(6)12/h1-4H,5H2/b2-1+. The third-order valence-electron chi connectivity index (χ3n) is 1.45. The van der Waals surface area contributed by atoms with Gasteiger partial charge < -0.3 is 0 Å². The van der Waals surface area contributed by atoms with E-state index in [1.807, 2.05) is 0 Å². The molecule has 0 atom stereocenters. The Kier molecular flexibility index (Phi) is 3.54. The first kappa shape index (κ1) is 10.3. The van der Waals surface area contributed by atoms with Gasteiger partial charge in [-0.1, -0.05) is 28.1 Å². The summed E-state index contributed by atoms with van der Waals surface area (Å²) in [4.78, 5) is 0. The van der Waals surface area contributed by atoms with Crippen molar-refractivity contribution in [1.82, 2.24) is 0 Å². The number of halogens is 4. The van der Waals surface area contributed by atoms with Gasteiger partial charge in [-0.2, -0.15) is 0 Å². The quantitative estimate of drug-likeness (QED) is 0.557. The van der Waals surface area contributed by atoms with Crippen LogP contribution in [0, 0.1) is 17.5 Å². The van der Waals surface area contributed by atoms with Gasteiger partial charge in [0.25, 0.3) is 0 Å². The van der Waals surface area contributed by atoms with Crippen molar-refractivity contribution in [1.29, 1.82) is 0 Å². The molecular weight excluding hydrogens is 245 g/mol. The van der Waals surface area contributed by atoms with E-state index in [4.69, 9.17) is 0 Å². The second kappa shape index (κ2) is 4.46. The molecule has 0 unspecified atom stereocenters. The summed E-state index contributed by atoms with van der Waals surface area (Å²) in [6, 6.07) is 2.08. The van der Waals surface area contributed by atoms with Crippen LogP contribution < -0.4 is 0 Å². The van der Waals surface area contributed by atoms with Crippen LogP contribution in [0.2, 0.25) is 0 Å². The summed E-state index contributed by atoms with van der Waals surface area (Å²) in [6.07, 6.45) is 2.97. The zero-order chi connectivity index (χ0) is 9.84. The fourth-order valence-electron chi connectivity index (χ4n) is 0.841. The van der Waals surface area contributed by atoms with Gasteiger partial charge in [-0.15, -0.1) is 0 Å². The summed E-state index contributed by atoms with van der Waals surface area (Å²) in [7, 11) is 0. The summed E-state index contributed by atoms with van der Waals surface area (Å²) >= 11 is 3.09. The number of benzene rings is 1. The van der Waals surface area contributed by atoms with Crippen LogP contribution >= 0.6 is 15.9 Å². The number of rotatable bonds is 2. The fraction of sp³-hybridized carbons (Fsp3) is 0.111. The first-order valence-electron chi connectivity index (χ1n) is 3.53. The third kappa shape index (κ3) is 2.34. The zero-order valence-corrected chi connectivity index (χ0v) is 8.11. The molecule has 0 fully saturated rings. The summed E-state index contributed by atoms with van der Waals surface area (Å²) in [5.41, 5.74) is 0.0401. The Hall–Kier alpha value is -0.770. The van der Waals surface area contributed by atoms with Crippen molar-refractivity contribution in [2.75, 3.05) is 5.33 Å². The van der Waals surface area contributed by atoms with Gasteiger partial charge in [-0.3, -0.25) is 0 Å². The second-order valence-electron chi connectivity index (χ2n) is 2.32. The van der Waals surface area contributed by atoms with Crippen molar-refractivity contribution in [3.63, 3.8) is 0 Å². The van der Waals surface area contributed by atoms with E-state index in [0.29, 0.717) is 5.33 Å². The maximum atomic E-state index is 12.9. The Morgan fingerprint density at radius 2 is 1.85 bits per heavy atom. The number of hydrogen-bond acceptors (Lipinski definition) is 0. The highest BCUT2D eigenvalue weighted by atomic mass is 79.9. The monoisotopic (exact) mass is 250 g/mol. The lowest BCUT2D eigenvalue weighted by molar-refractivity contribution is 0.446. The Labute approximate surface area is 82.2 Å². The molecule has 1 rings (SSSR count). The van der Waals surface area contributed by atoms with E-state index in [1.54, 1.807) is 6.08 Å². The zero-order valence-electron chi connectivity index (χ0n) is 6.53. The predicted molar refractivity (Wildman–Crippen MR) is 49.1 cm³/mol. The highest BCUT2D eigenvalue weighted by Gasteiger charge is 2.10. The Morgan fingerprint density at radius 1 is 1.15 bits per heavy atom. The molecule has 0 aromatic heterocycles. The van der Waals surface area contributed by atoms with Gasteiger partial charge in [0, 0.05) is 10.9 Å². The topological polar surface area (TPSA) is 0 Å². The molecule has 0 bridgehead atoms. The Balaban J connectivity index is 3.11. The molecule has 13 heavy (non-hydrogen) atoms. The lowest BCUT2D eigenvalue weighted by Gasteiger charge is -1.98. The molecule has 0 nitrogen and oxygen atoms in total. The minimum Gasteiger partial charge on any atom is -0.204 e. The molecule has 1 aromatic rings. The average Bonchev–Trinajstić information content (AvgIpc) is 2.13. The maximum absolute atomic E-state index is 12.9. The lowest BCUT2D eigenvalue weighted by Crippen LogP contribution is -1.92. The molecule has 4 heteroatoms. The molecule has 0 heterocycles. The van der Waals surface area contributed by atoms with Gasteiger partial charge >= 0.3 is 0 Å². The van der Waals surface area contributed by atoms with Crippen LogP contribution in [0.25, 0.3) is 6.08 Å². The van der Waals surface area contributed by atoms with Crippen LogP contribution in [0.1, 0.15) is 5.56 Å². The molecule has 0 aliphatic heterocycles. The number of allylic oxidation sites excluding steroid dienone is 1. The third-order valence-corrected chi connectivity index (χ3v) is 1.83. The predicted octanol–water partition coefficient (Wildman–Crippen LogP) is 3.51. The second-order valence-corrected chi connectivity index (χ2v) is 2.97. The lowest BCUT2D eigenvalue weighted by atomic mass is 10.2. The molecule has 70 valence electrons. The number of alkyl halides is 1. The van der Waals surface area contributed by atoms with Crippen LogP contribution in [0.15, 0.2) is 18.2 Å². The van der Waals surface area contributed by atoms with E-state index >= 15 is 0 Å². The van der Waals surface area contributed by atoms with Crippen LogP contribution in [-0.4, -0.2) is 5.33 Å². The van der Waals surface area contributed by atoms with Crippen LogP contribution in [0.5, 0.6) is 0 Å². The maximum Gasteiger partial charge on any atom is 0.195 e. The Bertz CT molecular complexity index is 334. The molecule has 0 radical (unpaired) electrons. The van der Waals surface area contributed by atoms with Crippen LogP contribution in [0.3, 0.4) is 0 Å². The van der Waals surface area contributed by atoms with E-state index in [0.717, 1.165) is 6.07 Å². The summed E-state index contributed by atoms with van der Waals surface area (Å²) in [5, 5.41) is 0.533. The van der Waals surface area contributed by atoms with Gasteiger partial charge in [-0.25, -0.2) is 13.2 Å². The van der Waals surface area contributed by atoms with Gasteiger partial charge in [-0.05, 0) is 12.1 Å². The van der Waals surface area contributed by atoms with Crippen molar-refractivity contribution in [2.24, 2.45) is 0 Å². The smallest absolute Gasteiger partial charge is 0.195 e. The van der Waals surface area contributed by atoms with Gasteiger partial charge in [0.1, 0.15) is 0 Å². The molecule has 0 aliphatic rings. The molecule has 0 aliphatic carbocycles. The molecule has 0 amide bonds. The minimum absolute atomic E-state index is 0.0401. The summed E-state index contributed by atoms with van der Waals surface area (Å²) in [6.45, 7) is 0. The van der Waals surface area contributed by atoms with Gasteiger partial charge in [0.05, 0.1) is 0 Å². The van der Waals surface area contributed by atoms with E-state index in [1.165, 1.54) is 12.1 Å². The minimum atomic E-state index is -1.43. The molecule has 1 aromatic carbocycles. The first-order valence-corrected chi connectivity index (χ1v) is 4.65. The van der Waals surface area contributed by atoms with E-state index in [9.17, 15) is 13.2 Å². The first-order chi connectivity index (χ1) is 6.16. The van der Waals surface area contributed by atoms with Crippen molar-refractivity contribution >= 4 is 22.0 Å². The Morgan fingerprint density at radius 3 is 2.46 bits per heavy atom. The largest absolute Gasteiger partial charge is 0.204 e. The van der Waals surface area contributed by atoms with Crippen molar-refractivity contribution in [3.05, 3.63) is 41.2 Å². The summed E-state index contributed by atoms with van der Waals surface area (Å²) < 4.78 is 38.0. The SMILES string of the molecule is Fc1ccc(/C=C/CBr)c(F)c1F. The highest BCUT2D eigenvalue weighted by molar-refractivity contribution is 9.09. The molecular formula is C9H6BrF3. The van der Waals surface area contributed by atoms with Crippen molar-refractivity contribution in [3.8, 4) is 0 Å². The normalized spacial score (nSPS) is 11.1. The summed E-state index contributed by atoms with van der Waals surface area (Å²) in [5.74, 6) is -3.76. The van der Waals surface area contributed by atoms with Crippen LogP contribution in [-0.2, 0) is 0 Å². The molecule has 0 saturated carbocycles. The number of hydrogen-bond donors (Lipinski definition) is 0. The van der Waals surface area contributed by atoms with Gasteiger partial charge in [0.2, 0.25) is 0 Å². The molecule has 0 N–H and O–H groups in total. The van der Waals surface area contributed by atoms with Crippen molar-refractivity contribution < 1.29 is 13.2 Å². The van der Waals surface area contributed by atoms with Crippen molar-refractivity contribution in [2.45, 2.75) is 0 Å².